The lowest BCUT2D eigenvalue weighted by Crippen LogP contribution is -2.14. The zero-order valence-corrected chi connectivity index (χ0v) is 13.2. The minimum absolute atomic E-state index is 0.561. The number of hydrogen-bond donors (Lipinski definition) is 2. The van der Waals surface area contributed by atoms with E-state index in [0.717, 1.165) is 27.8 Å². The van der Waals surface area contributed by atoms with Gasteiger partial charge in [-0.1, -0.05) is 53.6 Å². The number of pyridine rings is 1. The Labute approximate surface area is 135 Å². The minimum atomic E-state index is 0.561. The number of fused-ring (bicyclic) bond motifs is 1. The van der Waals surface area contributed by atoms with Crippen molar-refractivity contribution >= 4 is 28.2 Å². The highest BCUT2D eigenvalue weighted by atomic mass is 35.5. The lowest BCUT2D eigenvalue weighted by molar-refractivity contribution is 1.02. The molecule has 2 aromatic carbocycles. The fourth-order valence-electron chi connectivity index (χ4n) is 2.51. The smallest absolute Gasteiger partial charge is 0.134 e. The van der Waals surface area contributed by atoms with Crippen LogP contribution < -0.4 is 11.1 Å². The van der Waals surface area contributed by atoms with Crippen molar-refractivity contribution in [2.45, 2.75) is 6.92 Å². The topological polar surface area (TPSA) is 50.9 Å². The average Bonchev–Trinajstić information content (AvgIpc) is 2.52. The minimum Gasteiger partial charge on any atom is -0.368 e. The molecule has 0 atom stereocenters. The van der Waals surface area contributed by atoms with Crippen molar-refractivity contribution < 1.29 is 0 Å². The van der Waals surface area contributed by atoms with Crippen molar-refractivity contribution in [1.82, 2.24) is 4.98 Å². The summed E-state index contributed by atoms with van der Waals surface area (Å²) in [5.41, 5.74) is 8.62. The van der Waals surface area contributed by atoms with Gasteiger partial charge in [0.1, 0.15) is 5.82 Å². The Morgan fingerprint density at radius 2 is 1.95 bits per heavy atom. The molecule has 3 rings (SSSR count). The van der Waals surface area contributed by atoms with Crippen LogP contribution in [0.1, 0.15) is 5.56 Å². The fourth-order valence-corrected chi connectivity index (χ4v) is 2.74. The van der Waals surface area contributed by atoms with Crippen LogP contribution in [0, 0.1) is 6.92 Å². The number of aromatic nitrogens is 1. The first-order valence-electron chi connectivity index (χ1n) is 7.29. The maximum Gasteiger partial charge on any atom is 0.134 e. The van der Waals surface area contributed by atoms with Crippen LogP contribution in [0.5, 0.6) is 0 Å². The molecule has 0 aliphatic rings. The summed E-state index contributed by atoms with van der Waals surface area (Å²) in [4.78, 5) is 4.75. The maximum absolute atomic E-state index is 6.32. The number of nitrogens with zero attached hydrogens (tertiary/aromatic N) is 1. The molecule has 0 fully saturated rings. The lowest BCUT2D eigenvalue weighted by Gasteiger charge is -2.12. The zero-order chi connectivity index (χ0) is 15.5. The molecule has 3 aromatic rings. The van der Waals surface area contributed by atoms with Crippen LogP contribution in [-0.2, 0) is 0 Å². The largest absolute Gasteiger partial charge is 0.368 e. The van der Waals surface area contributed by atoms with E-state index in [-0.39, 0.29) is 0 Å². The van der Waals surface area contributed by atoms with Crippen LogP contribution in [-0.4, -0.2) is 18.1 Å². The molecule has 0 amide bonds. The molecule has 3 N–H and O–H groups in total. The summed E-state index contributed by atoms with van der Waals surface area (Å²) in [6.45, 7) is 3.33. The second kappa shape index (κ2) is 6.34. The first-order valence-corrected chi connectivity index (χ1v) is 7.67. The van der Waals surface area contributed by atoms with Crippen molar-refractivity contribution in [3.8, 4) is 11.3 Å². The highest BCUT2D eigenvalue weighted by molar-refractivity contribution is 6.33. The van der Waals surface area contributed by atoms with Crippen molar-refractivity contribution in [3.05, 3.63) is 59.1 Å². The lowest BCUT2D eigenvalue weighted by atomic mass is 10.0. The summed E-state index contributed by atoms with van der Waals surface area (Å²) in [6.07, 6.45) is 0. The Balaban J connectivity index is 2.21. The quantitative estimate of drug-likeness (QED) is 0.758. The third kappa shape index (κ3) is 2.91. The number of benzene rings is 2. The second-order valence-corrected chi connectivity index (χ2v) is 5.68. The Bertz CT molecular complexity index is 815. The maximum atomic E-state index is 6.32. The van der Waals surface area contributed by atoms with Crippen LogP contribution in [0.15, 0.2) is 48.5 Å². The normalized spacial score (nSPS) is 10.9. The van der Waals surface area contributed by atoms with E-state index in [1.807, 2.05) is 24.3 Å². The Morgan fingerprint density at radius 1 is 1.14 bits per heavy atom. The van der Waals surface area contributed by atoms with Crippen LogP contribution in [0.2, 0.25) is 5.02 Å². The van der Waals surface area contributed by atoms with E-state index < -0.39 is 0 Å². The first-order chi connectivity index (χ1) is 10.7. The molecule has 0 aliphatic heterocycles. The molecule has 4 heteroatoms. The van der Waals surface area contributed by atoms with E-state index >= 15 is 0 Å². The Kier molecular flexibility index (Phi) is 4.27. The van der Waals surface area contributed by atoms with Crippen molar-refractivity contribution in [2.24, 2.45) is 5.73 Å². The molecule has 0 aliphatic carbocycles. The van der Waals surface area contributed by atoms with Crippen molar-refractivity contribution in [1.29, 1.82) is 0 Å². The summed E-state index contributed by atoms with van der Waals surface area (Å²) in [7, 11) is 0. The van der Waals surface area contributed by atoms with Crippen LogP contribution in [0.4, 0.5) is 5.82 Å². The van der Waals surface area contributed by atoms with Crippen LogP contribution >= 0.6 is 11.6 Å². The molecular formula is C18H18ClN3. The van der Waals surface area contributed by atoms with Gasteiger partial charge in [0.05, 0.1) is 5.69 Å². The van der Waals surface area contributed by atoms with Crippen molar-refractivity contribution in [2.75, 3.05) is 18.4 Å². The predicted molar refractivity (Wildman–Crippen MR) is 94.5 cm³/mol. The molecule has 0 unspecified atom stereocenters. The summed E-state index contributed by atoms with van der Waals surface area (Å²) < 4.78 is 0. The molecule has 22 heavy (non-hydrogen) atoms. The summed E-state index contributed by atoms with van der Waals surface area (Å²) in [5, 5.41) is 6.24. The standard InChI is InChI=1S/C18H18ClN3/c1-12-6-7-14-13(10-12)11-17(22-18(14)21-9-8-20)15-4-2-3-5-16(15)19/h2-7,10-11H,8-9,20H2,1H3,(H,21,22). The van der Waals surface area contributed by atoms with Gasteiger partial charge in [0.2, 0.25) is 0 Å². The number of rotatable bonds is 4. The molecule has 0 saturated carbocycles. The fraction of sp³-hybridized carbons (Fsp3) is 0.167. The van der Waals surface area contributed by atoms with E-state index in [1.165, 1.54) is 5.56 Å². The molecule has 0 spiro atoms. The van der Waals surface area contributed by atoms with Gasteiger partial charge >= 0.3 is 0 Å². The average molecular weight is 312 g/mol. The number of hydrogen-bond acceptors (Lipinski definition) is 3. The Morgan fingerprint density at radius 3 is 2.73 bits per heavy atom. The van der Waals surface area contributed by atoms with E-state index in [4.69, 9.17) is 22.3 Å². The van der Waals surface area contributed by atoms with E-state index in [9.17, 15) is 0 Å². The molecule has 3 nitrogen and oxygen atoms in total. The summed E-state index contributed by atoms with van der Waals surface area (Å²) in [6, 6.07) is 16.2. The van der Waals surface area contributed by atoms with Gasteiger partial charge in [-0.25, -0.2) is 4.98 Å². The van der Waals surface area contributed by atoms with Crippen LogP contribution in [0.25, 0.3) is 22.0 Å². The van der Waals surface area contributed by atoms with Gasteiger partial charge < -0.3 is 11.1 Å². The molecule has 1 heterocycles. The predicted octanol–water partition coefficient (Wildman–Crippen LogP) is 4.23. The molecular weight excluding hydrogens is 294 g/mol. The third-order valence-corrected chi connectivity index (χ3v) is 3.90. The van der Waals surface area contributed by atoms with Gasteiger partial charge in [-0.05, 0) is 24.4 Å². The molecule has 112 valence electrons. The number of nitrogens with one attached hydrogen (secondary N) is 1. The number of aryl methyl sites for hydroxylation is 1. The highest BCUT2D eigenvalue weighted by Crippen LogP contribution is 2.31. The van der Waals surface area contributed by atoms with Crippen molar-refractivity contribution in [3.63, 3.8) is 0 Å². The van der Waals surface area contributed by atoms with Gasteiger partial charge in [-0.2, -0.15) is 0 Å². The number of halogens is 1. The van der Waals surface area contributed by atoms with Gasteiger partial charge in [0, 0.05) is 29.1 Å². The molecule has 1 aromatic heterocycles. The van der Waals surface area contributed by atoms with Gasteiger partial charge in [-0.15, -0.1) is 0 Å². The first kappa shape index (κ1) is 14.8. The second-order valence-electron chi connectivity index (χ2n) is 5.28. The number of nitrogens with two attached hydrogens (primary N) is 1. The van der Waals surface area contributed by atoms with Gasteiger partial charge in [0.25, 0.3) is 0 Å². The monoisotopic (exact) mass is 311 g/mol. The Hall–Kier alpha value is -2.10. The molecule has 0 saturated heterocycles. The molecule has 0 bridgehead atoms. The van der Waals surface area contributed by atoms with Gasteiger partial charge in [-0.3, -0.25) is 0 Å². The van der Waals surface area contributed by atoms with E-state index in [1.54, 1.807) is 0 Å². The van der Waals surface area contributed by atoms with E-state index in [2.05, 4.69) is 36.5 Å². The number of anilines is 1. The van der Waals surface area contributed by atoms with Gasteiger partial charge in [0.15, 0.2) is 0 Å². The van der Waals surface area contributed by atoms with E-state index in [0.29, 0.717) is 18.1 Å². The highest BCUT2D eigenvalue weighted by Gasteiger charge is 2.10. The summed E-state index contributed by atoms with van der Waals surface area (Å²) >= 11 is 6.32. The third-order valence-electron chi connectivity index (χ3n) is 3.57. The summed E-state index contributed by atoms with van der Waals surface area (Å²) in [5.74, 6) is 0.845. The zero-order valence-electron chi connectivity index (χ0n) is 12.4. The SMILES string of the molecule is Cc1ccc2c(NCCN)nc(-c3ccccc3Cl)cc2c1. The van der Waals surface area contributed by atoms with Crippen LogP contribution in [0.3, 0.4) is 0 Å². The molecule has 0 radical (unpaired) electrons.